The summed E-state index contributed by atoms with van der Waals surface area (Å²) < 4.78 is 1.08. The second-order valence-electron chi connectivity index (χ2n) is 4.32. The molecule has 17 heavy (non-hydrogen) atoms. The van der Waals surface area contributed by atoms with Gasteiger partial charge in [-0.1, -0.05) is 28.1 Å². The lowest BCUT2D eigenvalue weighted by Crippen LogP contribution is -2.41. The number of rotatable bonds is 4. The second-order valence-corrected chi connectivity index (χ2v) is 5.24. The molecule has 1 fully saturated rings. The molecule has 1 aliphatic rings. The minimum atomic E-state index is 0.0255. The topological polar surface area (TPSA) is 41.1 Å². The standard InChI is InChI=1S/C13H17BrN2O/c14-11-4-1-3-10(9-11)6-8-16-13(17)12-5-2-7-15-12/h1,3-4,9,12,15H,2,5-8H2,(H,16,17). The van der Waals surface area contributed by atoms with Crippen LogP contribution in [0.1, 0.15) is 18.4 Å². The molecule has 0 saturated carbocycles. The van der Waals surface area contributed by atoms with E-state index in [4.69, 9.17) is 0 Å². The van der Waals surface area contributed by atoms with Gasteiger partial charge in [-0.25, -0.2) is 0 Å². The van der Waals surface area contributed by atoms with Crippen LogP contribution in [0.25, 0.3) is 0 Å². The Morgan fingerprint density at radius 1 is 1.53 bits per heavy atom. The smallest absolute Gasteiger partial charge is 0.237 e. The molecule has 1 unspecified atom stereocenters. The van der Waals surface area contributed by atoms with Crippen molar-refractivity contribution in [1.29, 1.82) is 0 Å². The van der Waals surface area contributed by atoms with Crippen molar-refractivity contribution in [3.05, 3.63) is 34.3 Å². The molecule has 3 nitrogen and oxygen atoms in total. The fourth-order valence-electron chi connectivity index (χ4n) is 2.05. The number of nitrogens with one attached hydrogen (secondary N) is 2. The predicted octanol–water partition coefficient (Wildman–Crippen LogP) is 1.86. The van der Waals surface area contributed by atoms with Gasteiger partial charge < -0.3 is 10.6 Å². The van der Waals surface area contributed by atoms with Crippen LogP contribution in [0.4, 0.5) is 0 Å². The van der Waals surface area contributed by atoms with Crippen LogP contribution in [0.2, 0.25) is 0 Å². The maximum Gasteiger partial charge on any atom is 0.237 e. The Hall–Kier alpha value is -0.870. The van der Waals surface area contributed by atoms with E-state index in [9.17, 15) is 4.79 Å². The minimum absolute atomic E-state index is 0.0255. The third-order valence-electron chi connectivity index (χ3n) is 2.98. The Balaban J connectivity index is 1.73. The molecule has 1 aromatic carbocycles. The highest BCUT2D eigenvalue weighted by atomic mass is 79.9. The average molecular weight is 297 g/mol. The summed E-state index contributed by atoms with van der Waals surface area (Å²) in [6.45, 7) is 1.66. The van der Waals surface area contributed by atoms with Crippen LogP contribution in [0.5, 0.6) is 0 Å². The van der Waals surface area contributed by atoms with Crippen molar-refractivity contribution in [3.8, 4) is 0 Å². The molecule has 0 spiro atoms. The van der Waals surface area contributed by atoms with Crippen molar-refractivity contribution >= 4 is 21.8 Å². The Bertz CT molecular complexity index is 389. The zero-order valence-corrected chi connectivity index (χ0v) is 11.3. The number of hydrogen-bond acceptors (Lipinski definition) is 2. The normalized spacial score (nSPS) is 19.2. The van der Waals surface area contributed by atoms with Gasteiger partial charge >= 0.3 is 0 Å². The molecule has 0 aromatic heterocycles. The van der Waals surface area contributed by atoms with E-state index < -0.39 is 0 Å². The van der Waals surface area contributed by atoms with E-state index in [0.29, 0.717) is 6.54 Å². The molecular weight excluding hydrogens is 280 g/mol. The number of carbonyl (C=O) groups excluding carboxylic acids is 1. The first-order chi connectivity index (χ1) is 8.25. The summed E-state index contributed by atoms with van der Waals surface area (Å²) in [5.74, 6) is 0.137. The van der Waals surface area contributed by atoms with Gasteiger partial charge in [0, 0.05) is 11.0 Å². The lowest BCUT2D eigenvalue weighted by Gasteiger charge is -2.10. The quantitative estimate of drug-likeness (QED) is 0.890. The van der Waals surface area contributed by atoms with Gasteiger partial charge in [-0.15, -0.1) is 0 Å². The lowest BCUT2D eigenvalue weighted by molar-refractivity contribution is -0.122. The van der Waals surface area contributed by atoms with E-state index >= 15 is 0 Å². The largest absolute Gasteiger partial charge is 0.354 e. The Kier molecular flexibility index (Phi) is 4.57. The third-order valence-corrected chi connectivity index (χ3v) is 3.47. The fraction of sp³-hybridized carbons (Fsp3) is 0.462. The molecule has 1 aliphatic heterocycles. The first-order valence-electron chi connectivity index (χ1n) is 6.01. The van der Waals surface area contributed by atoms with Gasteiger partial charge in [0.1, 0.15) is 0 Å². The molecule has 1 aromatic rings. The fourth-order valence-corrected chi connectivity index (χ4v) is 2.50. The molecule has 1 saturated heterocycles. The number of amides is 1. The van der Waals surface area contributed by atoms with E-state index in [1.165, 1.54) is 5.56 Å². The molecule has 0 radical (unpaired) electrons. The number of benzene rings is 1. The van der Waals surface area contributed by atoms with Crippen molar-refractivity contribution in [2.24, 2.45) is 0 Å². The molecule has 2 rings (SSSR count). The summed E-state index contributed by atoms with van der Waals surface area (Å²) in [6.07, 6.45) is 2.93. The molecule has 92 valence electrons. The van der Waals surface area contributed by atoms with Gasteiger partial charge in [-0.2, -0.15) is 0 Å². The zero-order chi connectivity index (χ0) is 12.1. The van der Waals surface area contributed by atoms with Gasteiger partial charge in [0.15, 0.2) is 0 Å². The summed E-state index contributed by atoms with van der Waals surface area (Å²) in [5, 5.41) is 6.17. The van der Waals surface area contributed by atoms with Gasteiger partial charge in [0.25, 0.3) is 0 Å². The second kappa shape index (κ2) is 6.17. The summed E-state index contributed by atoms with van der Waals surface area (Å²) in [4.78, 5) is 11.7. The summed E-state index contributed by atoms with van der Waals surface area (Å²) in [6, 6.07) is 8.20. The predicted molar refractivity (Wildman–Crippen MR) is 71.9 cm³/mol. The van der Waals surface area contributed by atoms with Crippen LogP contribution in [-0.2, 0) is 11.2 Å². The number of hydrogen-bond donors (Lipinski definition) is 2. The summed E-state index contributed by atoms with van der Waals surface area (Å²) in [7, 11) is 0. The van der Waals surface area contributed by atoms with E-state index in [1.54, 1.807) is 0 Å². The van der Waals surface area contributed by atoms with Crippen LogP contribution in [0.3, 0.4) is 0 Å². The Morgan fingerprint density at radius 2 is 2.41 bits per heavy atom. The molecule has 4 heteroatoms. The van der Waals surface area contributed by atoms with Gasteiger partial charge in [-0.3, -0.25) is 4.79 Å². The number of carbonyl (C=O) groups is 1. The van der Waals surface area contributed by atoms with Crippen molar-refractivity contribution in [2.45, 2.75) is 25.3 Å². The Morgan fingerprint density at radius 3 is 3.12 bits per heavy atom. The van der Waals surface area contributed by atoms with Crippen molar-refractivity contribution in [2.75, 3.05) is 13.1 Å². The maximum atomic E-state index is 11.7. The van der Waals surface area contributed by atoms with Crippen molar-refractivity contribution < 1.29 is 4.79 Å². The molecule has 1 amide bonds. The first kappa shape index (κ1) is 12.6. The van der Waals surface area contributed by atoms with E-state index in [-0.39, 0.29) is 11.9 Å². The maximum absolute atomic E-state index is 11.7. The van der Waals surface area contributed by atoms with E-state index in [1.807, 2.05) is 12.1 Å². The third kappa shape index (κ3) is 3.82. The van der Waals surface area contributed by atoms with Crippen LogP contribution in [0, 0.1) is 0 Å². The highest BCUT2D eigenvalue weighted by Gasteiger charge is 2.21. The van der Waals surface area contributed by atoms with Gasteiger partial charge in [-0.05, 0) is 43.5 Å². The molecular formula is C13H17BrN2O. The van der Waals surface area contributed by atoms with E-state index in [2.05, 4.69) is 38.7 Å². The minimum Gasteiger partial charge on any atom is -0.354 e. The molecule has 1 atom stereocenters. The zero-order valence-electron chi connectivity index (χ0n) is 9.71. The first-order valence-corrected chi connectivity index (χ1v) is 6.80. The van der Waals surface area contributed by atoms with Crippen LogP contribution >= 0.6 is 15.9 Å². The number of halogens is 1. The lowest BCUT2D eigenvalue weighted by atomic mass is 10.1. The van der Waals surface area contributed by atoms with Gasteiger partial charge in [0.05, 0.1) is 6.04 Å². The Labute approximate surface area is 110 Å². The van der Waals surface area contributed by atoms with Crippen molar-refractivity contribution in [1.82, 2.24) is 10.6 Å². The van der Waals surface area contributed by atoms with Gasteiger partial charge in [0.2, 0.25) is 5.91 Å². The SMILES string of the molecule is O=C(NCCc1cccc(Br)c1)C1CCCN1. The van der Waals surface area contributed by atoms with Crippen LogP contribution in [-0.4, -0.2) is 25.0 Å². The highest BCUT2D eigenvalue weighted by Crippen LogP contribution is 2.11. The van der Waals surface area contributed by atoms with Crippen LogP contribution < -0.4 is 10.6 Å². The van der Waals surface area contributed by atoms with Crippen molar-refractivity contribution in [3.63, 3.8) is 0 Å². The molecule has 0 aliphatic carbocycles. The molecule has 2 N–H and O–H groups in total. The summed E-state index contributed by atoms with van der Waals surface area (Å²) >= 11 is 3.44. The van der Waals surface area contributed by atoms with E-state index in [0.717, 1.165) is 30.3 Å². The molecule has 0 bridgehead atoms. The monoisotopic (exact) mass is 296 g/mol. The molecule has 1 heterocycles. The average Bonchev–Trinajstić information content (AvgIpc) is 2.82. The van der Waals surface area contributed by atoms with Crippen LogP contribution in [0.15, 0.2) is 28.7 Å². The summed E-state index contributed by atoms with van der Waals surface area (Å²) in [5.41, 5.74) is 1.24. The highest BCUT2D eigenvalue weighted by molar-refractivity contribution is 9.10.